The molecule has 5 heteroatoms. The Morgan fingerprint density at radius 2 is 1.70 bits per heavy atom. The summed E-state index contributed by atoms with van der Waals surface area (Å²) in [5.41, 5.74) is 3.46. The van der Waals surface area contributed by atoms with Crippen molar-refractivity contribution in [1.29, 1.82) is 0 Å². The van der Waals surface area contributed by atoms with Crippen molar-refractivity contribution in [3.63, 3.8) is 0 Å². The van der Waals surface area contributed by atoms with Crippen LogP contribution in [0.4, 0.5) is 5.69 Å². The lowest BCUT2D eigenvalue weighted by Crippen LogP contribution is -2.36. The summed E-state index contributed by atoms with van der Waals surface area (Å²) < 4.78 is 10.8. The summed E-state index contributed by atoms with van der Waals surface area (Å²) in [6.07, 6.45) is 1.22. The van der Waals surface area contributed by atoms with Gasteiger partial charge in [0.15, 0.2) is 0 Å². The Labute approximate surface area is 161 Å². The van der Waals surface area contributed by atoms with Gasteiger partial charge in [-0.05, 0) is 48.7 Å². The third kappa shape index (κ3) is 6.00. The van der Waals surface area contributed by atoms with Crippen LogP contribution in [0, 0.1) is 0 Å². The van der Waals surface area contributed by atoms with Gasteiger partial charge in [-0.2, -0.15) is 0 Å². The zero-order valence-corrected chi connectivity index (χ0v) is 15.9. The lowest BCUT2D eigenvalue weighted by Gasteiger charge is -2.28. The Kier molecular flexibility index (Phi) is 7.11. The number of nitrogens with zero attached hydrogens (tertiary/aromatic N) is 1. The average molecular weight is 368 g/mol. The number of rotatable bonds is 8. The van der Waals surface area contributed by atoms with Crippen LogP contribution in [0.3, 0.4) is 0 Å². The zero-order chi connectivity index (χ0) is 18.9. The molecule has 2 aromatic rings. The molecule has 3 rings (SSSR count). The van der Waals surface area contributed by atoms with E-state index >= 15 is 0 Å². The predicted octanol–water partition coefficient (Wildman–Crippen LogP) is 2.82. The number of carbonyl (C=O) groups is 1. The molecule has 1 heterocycles. The van der Waals surface area contributed by atoms with E-state index in [1.807, 2.05) is 31.2 Å². The highest BCUT2D eigenvalue weighted by Crippen LogP contribution is 2.17. The minimum Gasteiger partial charge on any atom is -0.494 e. The number of nitrogens with one attached hydrogen (secondary N) is 1. The van der Waals surface area contributed by atoms with Crippen molar-refractivity contribution in [3.05, 3.63) is 59.7 Å². The maximum Gasteiger partial charge on any atom is 0.224 e. The molecule has 2 aromatic carbocycles. The second kappa shape index (κ2) is 9.97. The highest BCUT2D eigenvalue weighted by molar-refractivity contribution is 5.78. The van der Waals surface area contributed by atoms with Crippen molar-refractivity contribution in [2.75, 3.05) is 44.4 Å². The summed E-state index contributed by atoms with van der Waals surface area (Å²) in [6.45, 7) is 6.73. The predicted molar refractivity (Wildman–Crippen MR) is 108 cm³/mol. The van der Waals surface area contributed by atoms with Gasteiger partial charge in [-0.1, -0.05) is 24.3 Å². The molecule has 1 aliphatic heterocycles. The molecule has 5 nitrogen and oxygen atoms in total. The number of morpholine rings is 1. The van der Waals surface area contributed by atoms with Crippen LogP contribution >= 0.6 is 0 Å². The van der Waals surface area contributed by atoms with E-state index in [1.54, 1.807) is 0 Å². The Bertz CT molecular complexity index is 707. The molecule has 1 N–H and O–H groups in total. The molecule has 0 bridgehead atoms. The van der Waals surface area contributed by atoms with Crippen LogP contribution in [0.25, 0.3) is 0 Å². The molecule has 1 fully saturated rings. The third-order valence-electron chi connectivity index (χ3n) is 4.65. The highest BCUT2D eigenvalue weighted by Gasteiger charge is 2.10. The lowest BCUT2D eigenvalue weighted by molar-refractivity contribution is -0.120. The summed E-state index contributed by atoms with van der Waals surface area (Å²) in [5, 5.41) is 3.00. The molecule has 0 saturated carbocycles. The van der Waals surface area contributed by atoms with Gasteiger partial charge in [-0.25, -0.2) is 0 Å². The number of benzene rings is 2. The van der Waals surface area contributed by atoms with Gasteiger partial charge in [0.05, 0.1) is 26.2 Å². The zero-order valence-electron chi connectivity index (χ0n) is 15.9. The molecule has 144 valence electrons. The van der Waals surface area contributed by atoms with E-state index in [1.165, 1.54) is 11.3 Å². The van der Waals surface area contributed by atoms with E-state index in [0.717, 1.165) is 44.0 Å². The Hall–Kier alpha value is -2.53. The largest absolute Gasteiger partial charge is 0.494 e. The molecule has 0 unspecified atom stereocenters. The Morgan fingerprint density at radius 3 is 2.37 bits per heavy atom. The summed E-state index contributed by atoms with van der Waals surface area (Å²) in [6, 6.07) is 16.3. The number of hydrogen-bond acceptors (Lipinski definition) is 4. The SMILES string of the molecule is CCOc1ccc(CC(=O)NCCc2ccc(N3CCOCC3)cc2)cc1. The Morgan fingerprint density at radius 1 is 1.04 bits per heavy atom. The van der Waals surface area contributed by atoms with Gasteiger partial charge in [0.2, 0.25) is 5.91 Å². The lowest BCUT2D eigenvalue weighted by atomic mass is 10.1. The summed E-state index contributed by atoms with van der Waals surface area (Å²) in [4.78, 5) is 14.5. The van der Waals surface area contributed by atoms with E-state index < -0.39 is 0 Å². The van der Waals surface area contributed by atoms with E-state index in [-0.39, 0.29) is 5.91 Å². The maximum atomic E-state index is 12.1. The third-order valence-corrected chi connectivity index (χ3v) is 4.65. The molecular weight excluding hydrogens is 340 g/mol. The second-order valence-electron chi connectivity index (χ2n) is 6.62. The van der Waals surface area contributed by atoms with E-state index in [0.29, 0.717) is 19.6 Å². The molecule has 0 atom stereocenters. The number of ether oxygens (including phenoxy) is 2. The molecule has 27 heavy (non-hydrogen) atoms. The summed E-state index contributed by atoms with van der Waals surface area (Å²) in [5.74, 6) is 0.881. The van der Waals surface area contributed by atoms with Crippen LogP contribution in [0.2, 0.25) is 0 Å². The van der Waals surface area contributed by atoms with Gasteiger partial charge in [-0.3, -0.25) is 4.79 Å². The normalized spacial score (nSPS) is 14.0. The first-order valence-electron chi connectivity index (χ1n) is 9.64. The second-order valence-corrected chi connectivity index (χ2v) is 6.62. The van der Waals surface area contributed by atoms with Crippen molar-refractivity contribution in [3.8, 4) is 5.75 Å². The monoisotopic (exact) mass is 368 g/mol. The number of hydrogen-bond donors (Lipinski definition) is 1. The van der Waals surface area contributed by atoms with Crippen molar-refractivity contribution < 1.29 is 14.3 Å². The fraction of sp³-hybridized carbons (Fsp3) is 0.409. The van der Waals surface area contributed by atoms with Crippen molar-refractivity contribution in [2.45, 2.75) is 19.8 Å². The smallest absolute Gasteiger partial charge is 0.224 e. The van der Waals surface area contributed by atoms with Crippen LogP contribution in [-0.4, -0.2) is 45.4 Å². The van der Waals surface area contributed by atoms with Gasteiger partial charge >= 0.3 is 0 Å². The minimum atomic E-state index is 0.0455. The van der Waals surface area contributed by atoms with Gasteiger partial charge in [0, 0.05) is 25.3 Å². The Balaban J connectivity index is 1.40. The first kappa shape index (κ1) is 19.2. The number of carbonyl (C=O) groups excluding carboxylic acids is 1. The summed E-state index contributed by atoms with van der Waals surface area (Å²) >= 11 is 0. The average Bonchev–Trinajstić information content (AvgIpc) is 2.71. The van der Waals surface area contributed by atoms with Crippen LogP contribution in [0.15, 0.2) is 48.5 Å². The van der Waals surface area contributed by atoms with Crippen molar-refractivity contribution in [1.82, 2.24) is 5.32 Å². The van der Waals surface area contributed by atoms with E-state index in [4.69, 9.17) is 9.47 Å². The highest BCUT2D eigenvalue weighted by atomic mass is 16.5. The summed E-state index contributed by atoms with van der Waals surface area (Å²) in [7, 11) is 0. The first-order chi connectivity index (χ1) is 13.2. The van der Waals surface area contributed by atoms with Crippen molar-refractivity contribution in [2.24, 2.45) is 0 Å². The molecule has 1 aliphatic rings. The van der Waals surface area contributed by atoms with Crippen LogP contribution in [0.1, 0.15) is 18.1 Å². The molecular formula is C22H28N2O3. The standard InChI is InChI=1S/C22H28N2O3/c1-2-27-21-9-5-19(6-10-21)17-22(25)23-12-11-18-3-7-20(8-4-18)24-13-15-26-16-14-24/h3-10H,2,11-17H2,1H3,(H,23,25). The van der Waals surface area contributed by atoms with E-state index in [2.05, 4.69) is 34.5 Å². The quantitative estimate of drug-likeness (QED) is 0.778. The van der Waals surface area contributed by atoms with Crippen LogP contribution in [0.5, 0.6) is 5.75 Å². The number of amides is 1. The molecule has 0 aromatic heterocycles. The fourth-order valence-electron chi connectivity index (χ4n) is 3.16. The first-order valence-corrected chi connectivity index (χ1v) is 9.64. The molecule has 0 aliphatic carbocycles. The van der Waals surface area contributed by atoms with E-state index in [9.17, 15) is 4.79 Å². The molecule has 0 spiro atoms. The van der Waals surface area contributed by atoms with Gasteiger partial charge in [-0.15, -0.1) is 0 Å². The number of anilines is 1. The van der Waals surface area contributed by atoms with Gasteiger partial charge < -0.3 is 19.7 Å². The van der Waals surface area contributed by atoms with Gasteiger partial charge in [0.1, 0.15) is 5.75 Å². The molecule has 1 amide bonds. The maximum absolute atomic E-state index is 12.1. The van der Waals surface area contributed by atoms with Crippen LogP contribution < -0.4 is 15.0 Å². The molecule has 0 radical (unpaired) electrons. The van der Waals surface area contributed by atoms with Crippen LogP contribution in [-0.2, 0) is 22.4 Å². The van der Waals surface area contributed by atoms with Crippen molar-refractivity contribution >= 4 is 11.6 Å². The molecule has 1 saturated heterocycles. The topological polar surface area (TPSA) is 50.8 Å². The fourth-order valence-corrected chi connectivity index (χ4v) is 3.16. The van der Waals surface area contributed by atoms with Gasteiger partial charge in [0.25, 0.3) is 0 Å². The minimum absolute atomic E-state index is 0.0455.